The molecule has 2 saturated carbocycles. The first-order chi connectivity index (χ1) is 8.09. The molecule has 1 aliphatic heterocycles. The first kappa shape index (κ1) is 12.0. The van der Waals surface area contributed by atoms with Crippen LogP contribution in [0.15, 0.2) is 0 Å². The summed E-state index contributed by atoms with van der Waals surface area (Å²) in [5.74, 6) is 1.74. The van der Waals surface area contributed by atoms with Gasteiger partial charge in [0.05, 0.1) is 6.10 Å². The first-order valence-electron chi connectivity index (χ1n) is 7.46. The zero-order valence-electron chi connectivity index (χ0n) is 11.5. The van der Waals surface area contributed by atoms with Crippen LogP contribution in [0.25, 0.3) is 0 Å². The Morgan fingerprint density at radius 2 is 1.76 bits per heavy atom. The lowest BCUT2D eigenvalue weighted by Gasteiger charge is -2.56. The third-order valence-electron chi connectivity index (χ3n) is 5.53. The van der Waals surface area contributed by atoms with Gasteiger partial charge in [-0.3, -0.25) is 0 Å². The molecule has 1 saturated heterocycles. The molecule has 3 fully saturated rings. The Kier molecular flexibility index (Phi) is 2.99. The Labute approximate surface area is 105 Å². The van der Waals surface area contributed by atoms with Gasteiger partial charge >= 0.3 is 0 Å². The van der Waals surface area contributed by atoms with Crippen LogP contribution in [0.5, 0.6) is 0 Å². The molecule has 3 unspecified atom stereocenters. The van der Waals surface area contributed by atoms with Gasteiger partial charge in [-0.1, -0.05) is 20.8 Å². The predicted octanol–water partition coefficient (Wildman–Crippen LogP) is 2.97. The Balaban J connectivity index is 1.58. The third kappa shape index (κ3) is 1.94. The van der Waals surface area contributed by atoms with E-state index < -0.39 is 0 Å². The maximum absolute atomic E-state index is 5.86. The van der Waals surface area contributed by atoms with Gasteiger partial charge in [-0.25, -0.2) is 0 Å². The van der Waals surface area contributed by atoms with Crippen LogP contribution in [0.2, 0.25) is 0 Å². The van der Waals surface area contributed by atoms with E-state index >= 15 is 0 Å². The van der Waals surface area contributed by atoms with Gasteiger partial charge in [-0.05, 0) is 38.0 Å². The van der Waals surface area contributed by atoms with E-state index in [-0.39, 0.29) is 0 Å². The minimum Gasteiger partial charge on any atom is -0.377 e. The van der Waals surface area contributed by atoms with Crippen LogP contribution < -0.4 is 5.32 Å². The van der Waals surface area contributed by atoms with Crippen LogP contribution >= 0.6 is 0 Å². The lowest BCUT2D eigenvalue weighted by atomic mass is 9.57. The minimum atomic E-state index is 0.351. The number of fused-ring (bicyclic) bond motifs is 1. The van der Waals surface area contributed by atoms with E-state index in [1.165, 1.54) is 32.1 Å². The van der Waals surface area contributed by atoms with Gasteiger partial charge in [0.25, 0.3) is 0 Å². The van der Waals surface area contributed by atoms with Crippen molar-refractivity contribution in [3.8, 4) is 0 Å². The van der Waals surface area contributed by atoms with Crippen LogP contribution in [-0.4, -0.2) is 24.8 Å². The summed E-state index contributed by atoms with van der Waals surface area (Å²) in [7, 11) is 0. The van der Waals surface area contributed by atoms with Crippen molar-refractivity contribution >= 4 is 0 Å². The summed E-state index contributed by atoms with van der Waals surface area (Å²) < 4.78 is 5.86. The Hall–Kier alpha value is -0.0800. The summed E-state index contributed by atoms with van der Waals surface area (Å²) in [4.78, 5) is 0. The summed E-state index contributed by atoms with van der Waals surface area (Å²) in [6.45, 7) is 8.13. The van der Waals surface area contributed by atoms with Gasteiger partial charge in [-0.2, -0.15) is 0 Å². The monoisotopic (exact) mass is 237 g/mol. The second-order valence-electron chi connectivity index (χ2n) is 7.17. The Bertz CT molecular complexity index is 281. The minimum absolute atomic E-state index is 0.351. The molecule has 0 aromatic heterocycles. The van der Waals surface area contributed by atoms with Crippen LogP contribution in [0.3, 0.4) is 0 Å². The quantitative estimate of drug-likeness (QED) is 0.797. The van der Waals surface area contributed by atoms with E-state index in [2.05, 4.69) is 26.1 Å². The highest BCUT2D eigenvalue weighted by Gasteiger charge is 2.59. The maximum Gasteiger partial charge on any atom is 0.0685 e. The average Bonchev–Trinajstić information content (AvgIpc) is 2.75. The van der Waals surface area contributed by atoms with E-state index in [0.29, 0.717) is 17.6 Å². The van der Waals surface area contributed by atoms with Crippen molar-refractivity contribution in [1.82, 2.24) is 5.32 Å². The number of ether oxygens (including phenoxy) is 1. The van der Waals surface area contributed by atoms with Crippen molar-refractivity contribution in [1.29, 1.82) is 0 Å². The topological polar surface area (TPSA) is 21.3 Å². The summed E-state index contributed by atoms with van der Waals surface area (Å²) in [5, 5.41) is 3.96. The first-order valence-corrected chi connectivity index (χ1v) is 7.46. The van der Waals surface area contributed by atoms with Gasteiger partial charge in [0.1, 0.15) is 0 Å². The van der Waals surface area contributed by atoms with E-state index in [0.717, 1.165) is 24.5 Å². The zero-order chi connectivity index (χ0) is 12.0. The highest BCUT2D eigenvalue weighted by molar-refractivity contribution is 5.11. The normalized spacial score (nSPS) is 48.5. The molecular formula is C15H27NO. The number of hydrogen-bond acceptors (Lipinski definition) is 2. The SMILES string of the molecule is CC1CCC(NC2C3CCOC3C2(C)C)CC1. The molecule has 1 heterocycles. The molecule has 0 aromatic carbocycles. The summed E-state index contributed by atoms with van der Waals surface area (Å²) in [6.07, 6.45) is 7.39. The molecule has 0 amide bonds. The van der Waals surface area contributed by atoms with E-state index in [1.54, 1.807) is 0 Å². The molecule has 2 aliphatic carbocycles. The van der Waals surface area contributed by atoms with Gasteiger partial charge in [-0.15, -0.1) is 0 Å². The van der Waals surface area contributed by atoms with E-state index in [4.69, 9.17) is 4.74 Å². The smallest absolute Gasteiger partial charge is 0.0685 e. The van der Waals surface area contributed by atoms with Crippen molar-refractivity contribution in [3.05, 3.63) is 0 Å². The van der Waals surface area contributed by atoms with E-state index in [1.807, 2.05) is 0 Å². The molecule has 98 valence electrons. The van der Waals surface area contributed by atoms with Gasteiger partial charge in [0, 0.05) is 30.0 Å². The zero-order valence-corrected chi connectivity index (χ0v) is 11.5. The summed E-state index contributed by atoms with van der Waals surface area (Å²) in [6, 6.07) is 1.48. The molecule has 2 heteroatoms. The lowest BCUT2D eigenvalue weighted by Crippen LogP contribution is -2.67. The largest absolute Gasteiger partial charge is 0.377 e. The van der Waals surface area contributed by atoms with Crippen LogP contribution in [0, 0.1) is 17.3 Å². The van der Waals surface area contributed by atoms with Crippen molar-refractivity contribution in [2.45, 2.75) is 71.1 Å². The second-order valence-corrected chi connectivity index (χ2v) is 7.17. The summed E-state index contributed by atoms with van der Waals surface area (Å²) >= 11 is 0. The van der Waals surface area contributed by atoms with Gasteiger partial charge in [0.2, 0.25) is 0 Å². The highest BCUT2D eigenvalue weighted by Crippen LogP contribution is 2.52. The van der Waals surface area contributed by atoms with Crippen molar-refractivity contribution < 1.29 is 4.74 Å². The molecule has 0 radical (unpaired) electrons. The molecule has 2 nitrogen and oxygen atoms in total. The van der Waals surface area contributed by atoms with Crippen LogP contribution in [0.4, 0.5) is 0 Å². The second kappa shape index (κ2) is 4.24. The fourth-order valence-electron chi connectivity index (χ4n) is 4.34. The number of nitrogens with one attached hydrogen (secondary N) is 1. The average molecular weight is 237 g/mol. The fourth-order valence-corrected chi connectivity index (χ4v) is 4.34. The Morgan fingerprint density at radius 1 is 1.06 bits per heavy atom. The lowest BCUT2D eigenvalue weighted by molar-refractivity contribution is -0.116. The number of rotatable bonds is 2. The maximum atomic E-state index is 5.86. The molecule has 3 rings (SSSR count). The van der Waals surface area contributed by atoms with Crippen molar-refractivity contribution in [2.24, 2.45) is 17.3 Å². The molecule has 17 heavy (non-hydrogen) atoms. The third-order valence-corrected chi connectivity index (χ3v) is 5.53. The Morgan fingerprint density at radius 3 is 2.47 bits per heavy atom. The van der Waals surface area contributed by atoms with E-state index in [9.17, 15) is 0 Å². The molecule has 1 N–H and O–H groups in total. The standard InChI is InChI=1S/C15H27NO/c1-10-4-6-11(7-5-10)16-13-12-8-9-17-14(12)15(13,2)3/h10-14,16H,4-9H2,1-3H3. The molecule has 3 aliphatic rings. The van der Waals surface area contributed by atoms with Gasteiger partial charge < -0.3 is 10.1 Å². The van der Waals surface area contributed by atoms with Crippen LogP contribution in [-0.2, 0) is 4.74 Å². The fraction of sp³-hybridized carbons (Fsp3) is 1.00. The molecule has 0 aromatic rings. The van der Waals surface area contributed by atoms with Crippen molar-refractivity contribution in [3.63, 3.8) is 0 Å². The predicted molar refractivity (Wildman–Crippen MR) is 70.0 cm³/mol. The highest BCUT2D eigenvalue weighted by atomic mass is 16.5. The molecular weight excluding hydrogens is 210 g/mol. The molecule has 0 bridgehead atoms. The van der Waals surface area contributed by atoms with Crippen LogP contribution in [0.1, 0.15) is 52.9 Å². The summed E-state index contributed by atoms with van der Waals surface area (Å²) in [5.41, 5.74) is 0.351. The molecule has 3 atom stereocenters. The van der Waals surface area contributed by atoms with Crippen molar-refractivity contribution in [2.75, 3.05) is 6.61 Å². The van der Waals surface area contributed by atoms with Gasteiger partial charge in [0.15, 0.2) is 0 Å². The number of hydrogen-bond donors (Lipinski definition) is 1. The molecule has 0 spiro atoms.